The van der Waals surface area contributed by atoms with Gasteiger partial charge >= 0.3 is 0 Å². The first-order chi connectivity index (χ1) is 15.4. The van der Waals surface area contributed by atoms with Crippen molar-refractivity contribution in [3.8, 4) is 11.5 Å². The van der Waals surface area contributed by atoms with E-state index in [4.69, 9.17) is 21.1 Å². The summed E-state index contributed by atoms with van der Waals surface area (Å²) in [6.45, 7) is 0. The topological polar surface area (TPSA) is 102 Å². The quantitative estimate of drug-likeness (QED) is 0.398. The van der Waals surface area contributed by atoms with Gasteiger partial charge in [0.1, 0.15) is 11.5 Å². The van der Waals surface area contributed by atoms with E-state index in [1.165, 1.54) is 24.3 Å². The van der Waals surface area contributed by atoms with Crippen molar-refractivity contribution in [2.24, 2.45) is 0 Å². The maximum Gasteiger partial charge on any atom is 0.263 e. The Morgan fingerprint density at radius 1 is 0.812 bits per heavy atom. The largest absolute Gasteiger partial charge is 0.497 e. The minimum Gasteiger partial charge on any atom is -0.497 e. The lowest BCUT2D eigenvalue weighted by atomic mass is 10.2. The number of aromatic nitrogens is 2. The molecule has 0 unspecified atom stereocenters. The second kappa shape index (κ2) is 8.89. The zero-order chi connectivity index (χ0) is 22.7. The zero-order valence-electron chi connectivity index (χ0n) is 17.2. The molecule has 0 atom stereocenters. The first kappa shape index (κ1) is 21.7. The molecule has 0 aliphatic rings. The molecule has 4 rings (SSSR count). The molecular weight excluding hydrogens is 452 g/mol. The molecule has 0 fully saturated rings. The highest BCUT2D eigenvalue weighted by Gasteiger charge is 2.19. The van der Waals surface area contributed by atoms with Crippen molar-refractivity contribution in [1.29, 1.82) is 0 Å². The molecule has 164 valence electrons. The highest BCUT2D eigenvalue weighted by atomic mass is 35.5. The van der Waals surface area contributed by atoms with Crippen LogP contribution in [0.5, 0.6) is 11.5 Å². The SMILES string of the molecule is COc1cccc(Nc2nc3cc(OC)ccc3nc2NS(=O)(=O)c2ccc(Cl)cc2)c1. The number of halogens is 1. The molecule has 0 bridgehead atoms. The van der Waals surface area contributed by atoms with Gasteiger partial charge in [-0.3, -0.25) is 4.72 Å². The molecule has 0 aliphatic carbocycles. The first-order valence-corrected chi connectivity index (χ1v) is 11.3. The summed E-state index contributed by atoms with van der Waals surface area (Å²) < 4.78 is 39.0. The third-order valence-corrected chi connectivity index (χ3v) is 6.17. The molecule has 0 amide bonds. The molecule has 3 aromatic carbocycles. The Morgan fingerprint density at radius 3 is 2.22 bits per heavy atom. The standard InChI is InChI=1S/C22H19ClN4O4S/c1-30-16-5-3-4-15(12-16)24-21-22(25-19-11-8-17(31-2)13-20(19)26-21)27-32(28,29)18-9-6-14(23)7-10-18/h3-13H,1-2H3,(H,24,26)(H,25,27). The Balaban J connectivity index is 1.79. The molecule has 2 N–H and O–H groups in total. The molecule has 32 heavy (non-hydrogen) atoms. The summed E-state index contributed by atoms with van der Waals surface area (Å²) in [5.74, 6) is 1.50. The van der Waals surface area contributed by atoms with Crippen molar-refractivity contribution in [1.82, 2.24) is 9.97 Å². The number of anilines is 3. The molecule has 4 aromatic rings. The minimum atomic E-state index is -3.94. The predicted molar refractivity (Wildman–Crippen MR) is 125 cm³/mol. The van der Waals surface area contributed by atoms with Crippen LogP contribution < -0.4 is 19.5 Å². The highest BCUT2D eigenvalue weighted by molar-refractivity contribution is 7.92. The van der Waals surface area contributed by atoms with E-state index in [1.807, 2.05) is 0 Å². The number of hydrogen-bond acceptors (Lipinski definition) is 7. The van der Waals surface area contributed by atoms with Gasteiger partial charge in [0.25, 0.3) is 10.0 Å². The van der Waals surface area contributed by atoms with Gasteiger partial charge in [0.05, 0.1) is 30.1 Å². The van der Waals surface area contributed by atoms with Crippen LogP contribution in [0, 0.1) is 0 Å². The van der Waals surface area contributed by atoms with E-state index in [0.717, 1.165) is 0 Å². The summed E-state index contributed by atoms with van der Waals surface area (Å²) in [6, 6.07) is 18.2. The molecular formula is C22H19ClN4O4S. The van der Waals surface area contributed by atoms with Crippen molar-refractivity contribution in [2.75, 3.05) is 24.3 Å². The Kier molecular flexibility index (Phi) is 6.02. The Morgan fingerprint density at radius 2 is 1.50 bits per heavy atom. The van der Waals surface area contributed by atoms with Gasteiger partial charge < -0.3 is 14.8 Å². The predicted octanol–water partition coefficient (Wildman–Crippen LogP) is 4.84. The zero-order valence-corrected chi connectivity index (χ0v) is 18.7. The van der Waals surface area contributed by atoms with Gasteiger partial charge in [0.2, 0.25) is 0 Å². The number of rotatable bonds is 7. The van der Waals surface area contributed by atoms with Crippen LogP contribution in [0.3, 0.4) is 0 Å². The van der Waals surface area contributed by atoms with Crippen molar-refractivity contribution < 1.29 is 17.9 Å². The minimum absolute atomic E-state index is 0.0421. The normalized spacial score (nSPS) is 11.2. The molecule has 1 aromatic heterocycles. The van der Waals surface area contributed by atoms with E-state index in [-0.39, 0.29) is 16.5 Å². The smallest absolute Gasteiger partial charge is 0.263 e. The van der Waals surface area contributed by atoms with E-state index >= 15 is 0 Å². The van der Waals surface area contributed by atoms with Crippen molar-refractivity contribution in [3.05, 3.63) is 71.8 Å². The van der Waals surface area contributed by atoms with Gasteiger partial charge in [-0.1, -0.05) is 17.7 Å². The first-order valence-electron chi connectivity index (χ1n) is 9.43. The number of ether oxygens (including phenoxy) is 2. The number of nitrogens with zero attached hydrogens (tertiary/aromatic N) is 2. The summed E-state index contributed by atoms with van der Waals surface area (Å²) in [6.07, 6.45) is 0. The molecule has 0 saturated heterocycles. The molecule has 10 heteroatoms. The molecule has 1 heterocycles. The lowest BCUT2D eigenvalue weighted by Gasteiger charge is -2.14. The van der Waals surface area contributed by atoms with Gasteiger partial charge in [-0.2, -0.15) is 0 Å². The van der Waals surface area contributed by atoms with Gasteiger partial charge in [-0.25, -0.2) is 18.4 Å². The van der Waals surface area contributed by atoms with Crippen LogP contribution in [0.4, 0.5) is 17.3 Å². The van der Waals surface area contributed by atoms with Crippen LogP contribution in [0.15, 0.2) is 71.6 Å². The van der Waals surface area contributed by atoms with E-state index in [2.05, 4.69) is 20.0 Å². The van der Waals surface area contributed by atoms with E-state index in [1.54, 1.807) is 56.7 Å². The molecule has 0 radical (unpaired) electrons. The summed E-state index contributed by atoms with van der Waals surface area (Å²) in [7, 11) is -0.823. The summed E-state index contributed by atoms with van der Waals surface area (Å²) in [5, 5.41) is 3.55. The van der Waals surface area contributed by atoms with Crippen LogP contribution in [-0.4, -0.2) is 32.6 Å². The number of nitrogens with one attached hydrogen (secondary N) is 2. The number of benzene rings is 3. The van der Waals surface area contributed by atoms with Crippen molar-refractivity contribution in [2.45, 2.75) is 4.90 Å². The Labute approximate surface area is 190 Å². The highest BCUT2D eigenvalue weighted by Crippen LogP contribution is 2.30. The fourth-order valence-corrected chi connectivity index (χ4v) is 4.09. The molecule has 8 nitrogen and oxygen atoms in total. The van der Waals surface area contributed by atoms with Crippen LogP contribution >= 0.6 is 11.6 Å². The summed E-state index contributed by atoms with van der Waals surface area (Å²) >= 11 is 5.88. The maximum absolute atomic E-state index is 13.0. The van der Waals surface area contributed by atoms with Gasteiger partial charge in [0.15, 0.2) is 11.6 Å². The van der Waals surface area contributed by atoms with E-state index in [0.29, 0.717) is 33.2 Å². The van der Waals surface area contributed by atoms with Gasteiger partial charge in [0, 0.05) is 22.8 Å². The van der Waals surface area contributed by atoms with Gasteiger partial charge in [-0.15, -0.1) is 0 Å². The number of sulfonamides is 1. The lowest BCUT2D eigenvalue weighted by Crippen LogP contribution is -2.16. The molecule has 0 spiro atoms. The number of hydrogen-bond donors (Lipinski definition) is 2. The van der Waals surface area contributed by atoms with Gasteiger partial charge in [-0.05, 0) is 48.5 Å². The maximum atomic E-state index is 13.0. The van der Waals surface area contributed by atoms with Crippen LogP contribution in [0.25, 0.3) is 11.0 Å². The van der Waals surface area contributed by atoms with Crippen LogP contribution in [0.2, 0.25) is 5.02 Å². The fraction of sp³-hybridized carbons (Fsp3) is 0.0909. The summed E-state index contributed by atoms with van der Waals surface area (Å²) in [4.78, 5) is 9.12. The van der Waals surface area contributed by atoms with E-state index < -0.39 is 10.0 Å². The lowest BCUT2D eigenvalue weighted by molar-refractivity contribution is 0.415. The number of methoxy groups -OCH3 is 2. The van der Waals surface area contributed by atoms with Crippen molar-refractivity contribution in [3.63, 3.8) is 0 Å². The van der Waals surface area contributed by atoms with Crippen molar-refractivity contribution >= 4 is 50.0 Å². The average Bonchev–Trinajstić information content (AvgIpc) is 2.79. The molecule has 0 saturated carbocycles. The third kappa shape index (κ3) is 4.68. The van der Waals surface area contributed by atoms with E-state index in [9.17, 15) is 8.42 Å². The number of fused-ring (bicyclic) bond motifs is 1. The average molecular weight is 471 g/mol. The second-order valence-electron chi connectivity index (χ2n) is 6.69. The fourth-order valence-electron chi connectivity index (χ4n) is 2.96. The summed E-state index contributed by atoms with van der Waals surface area (Å²) in [5.41, 5.74) is 1.67. The monoisotopic (exact) mass is 470 g/mol. The second-order valence-corrected chi connectivity index (χ2v) is 8.81. The Bertz CT molecular complexity index is 1380. The van der Waals surface area contributed by atoms with Crippen LogP contribution in [-0.2, 0) is 10.0 Å². The third-order valence-electron chi connectivity index (χ3n) is 4.56. The van der Waals surface area contributed by atoms with Crippen LogP contribution in [0.1, 0.15) is 0 Å². The Hall–Kier alpha value is -3.56. The molecule has 0 aliphatic heterocycles.